The molecule has 0 spiro atoms. The van der Waals surface area contributed by atoms with Gasteiger partial charge in [-0.05, 0) is 23.1 Å². The number of thiophene rings is 1. The molecule has 1 heterocycles. The van der Waals surface area contributed by atoms with Gasteiger partial charge in [0, 0.05) is 12.1 Å². The van der Waals surface area contributed by atoms with Crippen LogP contribution in [0.4, 0.5) is 4.39 Å². The van der Waals surface area contributed by atoms with Gasteiger partial charge in [-0.15, -0.1) is 11.3 Å². The number of carbonyl (C=O) groups is 2. The first-order chi connectivity index (χ1) is 12.6. The largest absolute Gasteiger partial charge is 0.443 e. The zero-order valence-electron chi connectivity index (χ0n) is 13.7. The zero-order chi connectivity index (χ0) is 18.4. The van der Waals surface area contributed by atoms with E-state index in [0.29, 0.717) is 4.88 Å². The van der Waals surface area contributed by atoms with E-state index in [4.69, 9.17) is 4.74 Å². The summed E-state index contributed by atoms with van der Waals surface area (Å²) in [5, 5.41) is 4.42. The van der Waals surface area contributed by atoms with E-state index in [2.05, 4.69) is 5.32 Å². The molecule has 1 atom stereocenters. The number of benzene rings is 2. The summed E-state index contributed by atoms with van der Waals surface area (Å²) in [6.45, 7) is 0.251. The van der Waals surface area contributed by atoms with Gasteiger partial charge in [0.1, 0.15) is 10.7 Å². The van der Waals surface area contributed by atoms with Gasteiger partial charge >= 0.3 is 5.97 Å². The van der Waals surface area contributed by atoms with Gasteiger partial charge in [-0.2, -0.15) is 0 Å². The third-order valence-corrected chi connectivity index (χ3v) is 4.53. The van der Waals surface area contributed by atoms with E-state index < -0.39 is 23.8 Å². The number of amides is 1. The first-order valence-electron chi connectivity index (χ1n) is 7.95. The Balaban J connectivity index is 1.79. The summed E-state index contributed by atoms with van der Waals surface area (Å²) in [4.78, 5) is 25.2. The van der Waals surface area contributed by atoms with Gasteiger partial charge in [-0.1, -0.05) is 54.6 Å². The van der Waals surface area contributed by atoms with Gasteiger partial charge in [0.25, 0.3) is 5.91 Å². The Bertz CT molecular complexity index is 881. The summed E-state index contributed by atoms with van der Waals surface area (Å²) in [5.74, 6) is -1.85. The maximum absolute atomic E-state index is 14.2. The standard InChI is InChI=1S/C20H16FNO3S/c21-16-10-5-4-9-15(16)18(25-20(24)17-11-6-12-26-17)19(23)22-13-14-7-2-1-3-8-14/h1-12,18H,13H2,(H,22,23)/t18-/m0/s1. The van der Waals surface area contributed by atoms with E-state index in [1.54, 1.807) is 23.6 Å². The Kier molecular flexibility index (Phi) is 5.76. The third kappa shape index (κ3) is 4.34. The third-order valence-electron chi connectivity index (χ3n) is 3.68. The van der Waals surface area contributed by atoms with Crippen LogP contribution in [0.15, 0.2) is 72.1 Å². The summed E-state index contributed by atoms with van der Waals surface area (Å²) in [6, 6.07) is 18.4. The molecule has 1 N–H and O–H groups in total. The number of carbonyl (C=O) groups excluding carboxylic acids is 2. The molecule has 0 saturated heterocycles. The molecule has 132 valence electrons. The fourth-order valence-corrected chi connectivity index (χ4v) is 2.99. The molecular formula is C20H16FNO3S. The molecule has 0 radical (unpaired) electrons. The van der Waals surface area contributed by atoms with E-state index in [1.165, 1.54) is 29.5 Å². The first-order valence-corrected chi connectivity index (χ1v) is 8.83. The van der Waals surface area contributed by atoms with Crippen LogP contribution in [0.1, 0.15) is 26.9 Å². The topological polar surface area (TPSA) is 55.4 Å². The van der Waals surface area contributed by atoms with Crippen molar-refractivity contribution in [3.63, 3.8) is 0 Å². The van der Waals surface area contributed by atoms with Gasteiger partial charge < -0.3 is 10.1 Å². The molecule has 2 aromatic carbocycles. The molecule has 1 aromatic heterocycles. The fourth-order valence-electron chi connectivity index (χ4n) is 2.38. The lowest BCUT2D eigenvalue weighted by Crippen LogP contribution is -2.32. The summed E-state index contributed by atoms with van der Waals surface area (Å²) >= 11 is 1.19. The average Bonchev–Trinajstić information content (AvgIpc) is 3.20. The number of rotatable bonds is 6. The van der Waals surface area contributed by atoms with Crippen LogP contribution in [0.3, 0.4) is 0 Å². The van der Waals surface area contributed by atoms with E-state index in [9.17, 15) is 14.0 Å². The molecule has 3 rings (SSSR count). The Hall–Kier alpha value is -2.99. The summed E-state index contributed by atoms with van der Waals surface area (Å²) in [7, 11) is 0. The molecular weight excluding hydrogens is 353 g/mol. The lowest BCUT2D eigenvalue weighted by molar-refractivity contribution is -0.130. The molecule has 3 aromatic rings. The molecule has 6 heteroatoms. The van der Waals surface area contributed by atoms with Crippen molar-refractivity contribution in [2.45, 2.75) is 12.6 Å². The second-order valence-electron chi connectivity index (χ2n) is 5.49. The maximum atomic E-state index is 14.2. The quantitative estimate of drug-likeness (QED) is 0.666. The molecule has 0 aliphatic rings. The Morgan fingerprint density at radius 2 is 1.73 bits per heavy atom. The van der Waals surface area contributed by atoms with Crippen molar-refractivity contribution < 1.29 is 18.7 Å². The summed E-state index contributed by atoms with van der Waals surface area (Å²) in [6.07, 6.45) is -1.37. The highest BCUT2D eigenvalue weighted by Crippen LogP contribution is 2.23. The minimum Gasteiger partial charge on any atom is -0.443 e. The van der Waals surface area contributed by atoms with Crippen molar-refractivity contribution in [2.24, 2.45) is 0 Å². The summed E-state index contributed by atoms with van der Waals surface area (Å²) < 4.78 is 19.5. The van der Waals surface area contributed by atoms with Crippen LogP contribution in [-0.2, 0) is 16.1 Å². The SMILES string of the molecule is O=C(O[C@H](C(=O)NCc1ccccc1)c1ccccc1F)c1cccs1. The smallest absolute Gasteiger partial charge is 0.349 e. The van der Waals surface area contributed by atoms with Crippen LogP contribution < -0.4 is 5.32 Å². The number of nitrogens with one attached hydrogen (secondary N) is 1. The second kappa shape index (κ2) is 8.40. The Morgan fingerprint density at radius 3 is 2.42 bits per heavy atom. The highest BCUT2D eigenvalue weighted by Gasteiger charge is 2.28. The second-order valence-corrected chi connectivity index (χ2v) is 6.44. The lowest BCUT2D eigenvalue weighted by Gasteiger charge is -2.18. The number of esters is 1. The summed E-state index contributed by atoms with van der Waals surface area (Å²) in [5.41, 5.74) is 0.903. The van der Waals surface area contributed by atoms with Crippen LogP contribution in [0.25, 0.3) is 0 Å². The number of hydrogen-bond donors (Lipinski definition) is 1. The zero-order valence-corrected chi connectivity index (χ0v) is 14.5. The monoisotopic (exact) mass is 369 g/mol. The highest BCUT2D eigenvalue weighted by molar-refractivity contribution is 7.11. The van der Waals surface area contributed by atoms with Crippen molar-refractivity contribution >= 4 is 23.2 Å². The predicted molar refractivity (Wildman–Crippen MR) is 97.2 cm³/mol. The molecule has 0 unspecified atom stereocenters. The molecule has 0 fully saturated rings. The van der Waals surface area contributed by atoms with Crippen molar-refractivity contribution in [1.82, 2.24) is 5.32 Å². The average molecular weight is 369 g/mol. The number of halogens is 1. The van der Waals surface area contributed by atoms with Crippen LogP contribution >= 0.6 is 11.3 Å². The van der Waals surface area contributed by atoms with Crippen LogP contribution in [-0.4, -0.2) is 11.9 Å². The van der Waals surface area contributed by atoms with Crippen molar-refractivity contribution in [3.8, 4) is 0 Å². The molecule has 26 heavy (non-hydrogen) atoms. The minimum absolute atomic E-state index is 0.0166. The van der Waals surface area contributed by atoms with Gasteiger partial charge in [-0.3, -0.25) is 4.79 Å². The van der Waals surface area contributed by atoms with Gasteiger partial charge in [0.2, 0.25) is 6.10 Å². The molecule has 0 aliphatic carbocycles. The first kappa shape index (κ1) is 17.8. The van der Waals surface area contributed by atoms with Gasteiger partial charge in [0.15, 0.2) is 0 Å². The van der Waals surface area contributed by atoms with Gasteiger partial charge in [0.05, 0.1) is 0 Å². The van der Waals surface area contributed by atoms with Crippen LogP contribution in [0, 0.1) is 5.82 Å². The number of hydrogen-bond acceptors (Lipinski definition) is 4. The lowest BCUT2D eigenvalue weighted by atomic mass is 10.1. The van der Waals surface area contributed by atoms with E-state index >= 15 is 0 Å². The number of ether oxygens (including phenoxy) is 1. The van der Waals surface area contributed by atoms with Crippen LogP contribution in [0.2, 0.25) is 0 Å². The Morgan fingerprint density at radius 1 is 1.00 bits per heavy atom. The molecule has 0 saturated carbocycles. The maximum Gasteiger partial charge on any atom is 0.349 e. The predicted octanol–water partition coefficient (Wildman–Crippen LogP) is 4.10. The fraction of sp³-hybridized carbons (Fsp3) is 0.100. The van der Waals surface area contributed by atoms with E-state index in [-0.39, 0.29) is 12.1 Å². The highest BCUT2D eigenvalue weighted by atomic mass is 32.1. The molecule has 0 bridgehead atoms. The van der Waals surface area contributed by atoms with Gasteiger partial charge in [-0.25, -0.2) is 9.18 Å². The molecule has 4 nitrogen and oxygen atoms in total. The van der Waals surface area contributed by atoms with Crippen molar-refractivity contribution in [2.75, 3.05) is 0 Å². The van der Waals surface area contributed by atoms with Crippen LogP contribution in [0.5, 0.6) is 0 Å². The van der Waals surface area contributed by atoms with Crippen molar-refractivity contribution in [3.05, 3.63) is 93.9 Å². The minimum atomic E-state index is -1.37. The van der Waals surface area contributed by atoms with E-state index in [0.717, 1.165) is 5.56 Å². The molecule has 1 amide bonds. The molecule has 0 aliphatic heterocycles. The van der Waals surface area contributed by atoms with Crippen molar-refractivity contribution in [1.29, 1.82) is 0 Å². The Labute approximate surface area is 154 Å². The normalized spacial score (nSPS) is 11.6. The van der Waals surface area contributed by atoms with E-state index in [1.807, 2.05) is 30.3 Å².